The van der Waals surface area contributed by atoms with Gasteiger partial charge in [-0.2, -0.15) is 0 Å². The smallest absolute Gasteiger partial charge is 0.191 e. The molecule has 0 amide bonds. The molecule has 1 rings (SSSR count). The van der Waals surface area contributed by atoms with E-state index in [1.54, 1.807) is 7.11 Å². The van der Waals surface area contributed by atoms with Crippen LogP contribution < -0.4 is 10.6 Å². The van der Waals surface area contributed by atoms with E-state index in [4.69, 9.17) is 9.73 Å². The molecule has 0 aliphatic carbocycles. The number of ether oxygens (including phenoxy) is 1. The minimum absolute atomic E-state index is 0. The van der Waals surface area contributed by atoms with Gasteiger partial charge in [0, 0.05) is 39.3 Å². The van der Waals surface area contributed by atoms with Crippen LogP contribution in [0.1, 0.15) is 50.2 Å². The lowest BCUT2D eigenvalue weighted by Crippen LogP contribution is -2.38. The number of unbranched alkanes of at least 4 members (excludes halogenated alkanes) is 2. The molecule has 1 aromatic carbocycles. The van der Waals surface area contributed by atoms with E-state index in [-0.39, 0.29) is 24.0 Å². The van der Waals surface area contributed by atoms with Gasteiger partial charge in [-0.05, 0) is 38.7 Å². The van der Waals surface area contributed by atoms with Gasteiger partial charge in [-0.25, -0.2) is 0 Å². The van der Waals surface area contributed by atoms with Crippen LogP contribution in [0.5, 0.6) is 0 Å². The van der Waals surface area contributed by atoms with Crippen LogP contribution >= 0.6 is 24.0 Å². The summed E-state index contributed by atoms with van der Waals surface area (Å²) in [5.41, 5.74) is 2.66. The third-order valence-electron chi connectivity index (χ3n) is 3.80. The molecule has 0 fully saturated rings. The van der Waals surface area contributed by atoms with Crippen molar-refractivity contribution in [1.29, 1.82) is 0 Å². The summed E-state index contributed by atoms with van der Waals surface area (Å²) in [6.07, 6.45) is 3.44. The van der Waals surface area contributed by atoms with Gasteiger partial charge in [0.2, 0.25) is 0 Å². The number of rotatable bonds is 10. The van der Waals surface area contributed by atoms with Crippen LogP contribution in [0.3, 0.4) is 0 Å². The molecule has 0 aromatic heterocycles. The van der Waals surface area contributed by atoms with Crippen LogP contribution in [-0.2, 0) is 4.74 Å². The summed E-state index contributed by atoms with van der Waals surface area (Å²) in [5.74, 6) is 1.34. The third-order valence-corrected chi connectivity index (χ3v) is 3.80. The topological polar surface area (TPSA) is 45.7 Å². The van der Waals surface area contributed by atoms with Gasteiger partial charge in [0.25, 0.3) is 0 Å². The maximum atomic E-state index is 5.07. The first-order valence-electron chi connectivity index (χ1n) is 8.75. The molecule has 24 heavy (non-hydrogen) atoms. The SMILES string of the molecule is CCNC(=NCC(C)c1cccc(C)c1)NCCCCCOC.I. The van der Waals surface area contributed by atoms with E-state index in [2.05, 4.69) is 55.7 Å². The lowest BCUT2D eigenvalue weighted by molar-refractivity contribution is 0.192. The molecule has 0 spiro atoms. The molecule has 0 bridgehead atoms. The van der Waals surface area contributed by atoms with Gasteiger partial charge >= 0.3 is 0 Å². The zero-order valence-electron chi connectivity index (χ0n) is 15.6. The molecule has 0 aliphatic rings. The van der Waals surface area contributed by atoms with E-state index in [0.29, 0.717) is 5.92 Å². The van der Waals surface area contributed by atoms with Gasteiger partial charge in [-0.3, -0.25) is 4.99 Å². The normalized spacial score (nSPS) is 12.4. The molecule has 4 nitrogen and oxygen atoms in total. The van der Waals surface area contributed by atoms with Crippen LogP contribution in [0.4, 0.5) is 0 Å². The van der Waals surface area contributed by atoms with E-state index in [0.717, 1.165) is 45.0 Å². The fraction of sp³-hybridized carbons (Fsp3) is 0.632. The number of methoxy groups -OCH3 is 1. The first-order chi connectivity index (χ1) is 11.2. The predicted octanol–water partition coefficient (Wildman–Crippen LogP) is 4.09. The fourth-order valence-corrected chi connectivity index (χ4v) is 2.41. The summed E-state index contributed by atoms with van der Waals surface area (Å²) in [4.78, 5) is 4.72. The zero-order chi connectivity index (χ0) is 16.9. The average molecular weight is 447 g/mol. The van der Waals surface area contributed by atoms with Crippen molar-refractivity contribution in [2.45, 2.75) is 46.0 Å². The number of guanidine groups is 1. The Labute approximate surface area is 164 Å². The van der Waals surface area contributed by atoms with E-state index < -0.39 is 0 Å². The molecule has 138 valence electrons. The Kier molecular flexibility index (Phi) is 14.0. The highest BCUT2D eigenvalue weighted by atomic mass is 127. The summed E-state index contributed by atoms with van der Waals surface area (Å²) in [5, 5.41) is 6.73. The Morgan fingerprint density at radius 2 is 2.00 bits per heavy atom. The highest BCUT2D eigenvalue weighted by molar-refractivity contribution is 14.0. The van der Waals surface area contributed by atoms with Crippen LogP contribution in [0.25, 0.3) is 0 Å². The van der Waals surface area contributed by atoms with E-state index in [1.165, 1.54) is 17.5 Å². The standard InChI is InChI=1S/C19H33N3O.HI/c1-5-20-19(21-12-7-6-8-13-23-4)22-15-17(3)18-11-9-10-16(2)14-18;/h9-11,14,17H,5-8,12-13,15H2,1-4H3,(H2,20,21,22);1H. The van der Waals surface area contributed by atoms with Gasteiger partial charge in [0.1, 0.15) is 0 Å². The molecule has 1 unspecified atom stereocenters. The molecule has 2 N–H and O–H groups in total. The number of aliphatic imine (C=N–C) groups is 1. The average Bonchev–Trinajstić information content (AvgIpc) is 2.55. The molecule has 0 saturated carbocycles. The number of hydrogen-bond donors (Lipinski definition) is 2. The Morgan fingerprint density at radius 3 is 2.67 bits per heavy atom. The summed E-state index contributed by atoms with van der Waals surface area (Å²) >= 11 is 0. The summed E-state index contributed by atoms with van der Waals surface area (Å²) in [6, 6.07) is 8.68. The third kappa shape index (κ3) is 10.1. The quantitative estimate of drug-likeness (QED) is 0.246. The van der Waals surface area contributed by atoms with Gasteiger partial charge in [0.15, 0.2) is 5.96 Å². The van der Waals surface area contributed by atoms with Gasteiger partial charge in [-0.15, -0.1) is 24.0 Å². The second kappa shape index (κ2) is 14.5. The van der Waals surface area contributed by atoms with Gasteiger partial charge in [0.05, 0.1) is 0 Å². The summed E-state index contributed by atoms with van der Waals surface area (Å²) in [7, 11) is 1.75. The van der Waals surface area contributed by atoms with Crippen molar-refractivity contribution in [3.63, 3.8) is 0 Å². The van der Waals surface area contributed by atoms with E-state index in [1.807, 2.05) is 0 Å². The fourth-order valence-electron chi connectivity index (χ4n) is 2.41. The lowest BCUT2D eigenvalue weighted by atomic mass is 10.00. The van der Waals surface area contributed by atoms with Crippen molar-refractivity contribution in [2.24, 2.45) is 4.99 Å². The van der Waals surface area contributed by atoms with Crippen LogP contribution in [-0.4, -0.2) is 39.3 Å². The Hall–Kier alpha value is -0.820. The first kappa shape index (κ1) is 23.2. The van der Waals surface area contributed by atoms with E-state index in [9.17, 15) is 0 Å². The monoisotopic (exact) mass is 447 g/mol. The second-order valence-electron chi connectivity index (χ2n) is 6.02. The van der Waals surface area contributed by atoms with Crippen LogP contribution in [0.2, 0.25) is 0 Å². The molecule has 0 aliphatic heterocycles. The Morgan fingerprint density at radius 1 is 1.21 bits per heavy atom. The second-order valence-corrected chi connectivity index (χ2v) is 6.02. The van der Waals surface area contributed by atoms with Gasteiger partial charge in [-0.1, -0.05) is 36.8 Å². The number of hydrogen-bond acceptors (Lipinski definition) is 2. The molecule has 0 heterocycles. The largest absolute Gasteiger partial charge is 0.385 e. The molecule has 0 saturated heterocycles. The van der Waals surface area contributed by atoms with Crippen LogP contribution in [0, 0.1) is 6.92 Å². The molecule has 1 atom stereocenters. The van der Waals surface area contributed by atoms with E-state index >= 15 is 0 Å². The minimum Gasteiger partial charge on any atom is -0.385 e. The van der Waals surface area contributed by atoms with Crippen molar-refractivity contribution >= 4 is 29.9 Å². The number of aryl methyl sites for hydroxylation is 1. The summed E-state index contributed by atoms with van der Waals surface area (Å²) in [6.45, 7) is 9.94. The van der Waals surface area contributed by atoms with Crippen LogP contribution in [0.15, 0.2) is 29.3 Å². The minimum atomic E-state index is 0. The molecule has 0 radical (unpaired) electrons. The number of nitrogens with zero attached hydrogens (tertiary/aromatic N) is 1. The molecule has 5 heteroatoms. The lowest BCUT2D eigenvalue weighted by Gasteiger charge is -2.14. The highest BCUT2D eigenvalue weighted by Crippen LogP contribution is 2.16. The van der Waals surface area contributed by atoms with Crippen molar-refractivity contribution in [1.82, 2.24) is 10.6 Å². The highest BCUT2D eigenvalue weighted by Gasteiger charge is 2.05. The zero-order valence-corrected chi connectivity index (χ0v) is 17.9. The van der Waals surface area contributed by atoms with Gasteiger partial charge < -0.3 is 15.4 Å². The van der Waals surface area contributed by atoms with Crippen molar-refractivity contribution in [3.8, 4) is 0 Å². The van der Waals surface area contributed by atoms with Crippen molar-refractivity contribution in [2.75, 3.05) is 33.4 Å². The van der Waals surface area contributed by atoms with Crippen molar-refractivity contribution in [3.05, 3.63) is 35.4 Å². The predicted molar refractivity (Wildman–Crippen MR) is 115 cm³/mol. The molecular weight excluding hydrogens is 413 g/mol. The summed E-state index contributed by atoms with van der Waals surface area (Å²) < 4.78 is 5.07. The number of halogens is 1. The molecule has 1 aromatic rings. The Bertz CT molecular complexity index is 466. The number of nitrogens with one attached hydrogen (secondary N) is 2. The number of benzene rings is 1. The van der Waals surface area contributed by atoms with Crippen molar-refractivity contribution < 1.29 is 4.74 Å². The maximum Gasteiger partial charge on any atom is 0.191 e. The first-order valence-corrected chi connectivity index (χ1v) is 8.75. The molecular formula is C19H34IN3O. The Balaban J connectivity index is 0.00000529. The maximum absolute atomic E-state index is 5.07.